The summed E-state index contributed by atoms with van der Waals surface area (Å²) in [7, 11) is -2.54. The number of benzene rings is 3. The first-order valence-electron chi connectivity index (χ1n) is 12.9. The van der Waals surface area contributed by atoms with Crippen molar-refractivity contribution in [1.82, 2.24) is 5.32 Å². The van der Waals surface area contributed by atoms with E-state index < -0.39 is 27.6 Å². The molecule has 1 N–H and O–H groups in total. The Morgan fingerprint density at radius 3 is 2.49 bits per heavy atom. The fourth-order valence-corrected chi connectivity index (χ4v) is 6.79. The van der Waals surface area contributed by atoms with Crippen LogP contribution in [0.15, 0.2) is 71.6 Å². The molecule has 0 aliphatic carbocycles. The zero-order valence-electron chi connectivity index (χ0n) is 22.0. The van der Waals surface area contributed by atoms with Gasteiger partial charge in [-0.05, 0) is 61.4 Å². The van der Waals surface area contributed by atoms with Crippen molar-refractivity contribution >= 4 is 33.2 Å². The van der Waals surface area contributed by atoms with Gasteiger partial charge in [0.25, 0.3) is 15.9 Å². The van der Waals surface area contributed by atoms with Crippen LogP contribution in [0.1, 0.15) is 44.7 Å². The Kier molecular flexibility index (Phi) is 7.39. The van der Waals surface area contributed by atoms with Crippen molar-refractivity contribution in [3.8, 4) is 17.2 Å². The van der Waals surface area contributed by atoms with Crippen LogP contribution in [0, 0.1) is 0 Å². The Morgan fingerprint density at radius 1 is 1.08 bits per heavy atom. The van der Waals surface area contributed by atoms with Crippen molar-refractivity contribution in [3.05, 3.63) is 77.3 Å². The normalized spacial score (nSPS) is 19.6. The molecule has 3 aromatic carbocycles. The number of nitrogens with one attached hydrogen (secondary N) is 1. The van der Waals surface area contributed by atoms with Crippen LogP contribution in [0.3, 0.4) is 0 Å². The summed E-state index contributed by atoms with van der Waals surface area (Å²) in [5.74, 6) is 1.12. The number of halogens is 1. The van der Waals surface area contributed by atoms with Crippen molar-refractivity contribution in [1.29, 1.82) is 0 Å². The van der Waals surface area contributed by atoms with Crippen molar-refractivity contribution in [2.75, 3.05) is 18.0 Å². The zero-order chi connectivity index (χ0) is 27.8. The number of anilines is 1. The van der Waals surface area contributed by atoms with Crippen LogP contribution in [0.4, 0.5) is 5.69 Å². The topological polar surface area (TPSA) is 94.2 Å². The molecule has 3 aromatic rings. The molecular formula is C29H31ClN2O6S. The molecule has 0 spiro atoms. The van der Waals surface area contributed by atoms with Gasteiger partial charge in [0, 0.05) is 17.0 Å². The Hall–Kier alpha value is -3.43. The number of hydrogen-bond acceptors (Lipinski definition) is 6. The first kappa shape index (κ1) is 27.1. The van der Waals surface area contributed by atoms with E-state index in [1.54, 1.807) is 24.3 Å². The highest BCUT2D eigenvalue weighted by Gasteiger charge is 2.42. The van der Waals surface area contributed by atoms with Crippen LogP contribution in [-0.2, 0) is 14.8 Å². The standard InChI is InChI=1S/C29H31ClN2O6S/c1-4-29(5-2)17-23(22-8-6-7-9-25(22)38-29)31-28(33)27-18-32(24-16-19(30)10-15-26(24)37-27)39(34,35)21-13-11-20(36-3)12-14-21/h6-16,23,27H,4-5,17-18H2,1-3H3,(H,31,33)/t23-,27-/m1/s1. The van der Waals surface area contributed by atoms with E-state index in [0.717, 1.165) is 24.2 Å². The Balaban J connectivity index is 1.46. The zero-order valence-corrected chi connectivity index (χ0v) is 23.6. The molecular weight excluding hydrogens is 540 g/mol. The van der Waals surface area contributed by atoms with Crippen LogP contribution in [0.25, 0.3) is 0 Å². The molecule has 206 valence electrons. The molecule has 10 heteroatoms. The fourth-order valence-electron chi connectivity index (χ4n) is 5.16. The largest absolute Gasteiger partial charge is 0.497 e. The average Bonchev–Trinajstić information content (AvgIpc) is 2.96. The monoisotopic (exact) mass is 570 g/mol. The van der Waals surface area contributed by atoms with Crippen molar-refractivity contribution in [2.24, 2.45) is 0 Å². The van der Waals surface area contributed by atoms with Crippen LogP contribution in [-0.4, -0.2) is 39.7 Å². The maximum absolute atomic E-state index is 13.8. The number of carbonyl (C=O) groups excluding carboxylic acids is 1. The van der Waals surface area contributed by atoms with Crippen molar-refractivity contribution < 1.29 is 27.4 Å². The predicted molar refractivity (Wildman–Crippen MR) is 149 cm³/mol. The molecule has 0 unspecified atom stereocenters. The van der Waals surface area contributed by atoms with Gasteiger partial charge < -0.3 is 19.5 Å². The summed E-state index contributed by atoms with van der Waals surface area (Å²) >= 11 is 6.22. The summed E-state index contributed by atoms with van der Waals surface area (Å²) in [6.45, 7) is 3.93. The molecule has 2 atom stereocenters. The highest BCUT2D eigenvalue weighted by atomic mass is 35.5. The average molecular weight is 571 g/mol. The lowest BCUT2D eigenvalue weighted by atomic mass is 9.83. The molecule has 0 radical (unpaired) electrons. The van der Waals surface area contributed by atoms with E-state index in [1.165, 1.54) is 29.6 Å². The van der Waals surface area contributed by atoms with Gasteiger partial charge in [0.2, 0.25) is 0 Å². The lowest BCUT2D eigenvalue weighted by molar-refractivity contribution is -0.129. The van der Waals surface area contributed by atoms with Gasteiger partial charge in [-0.25, -0.2) is 8.42 Å². The molecule has 2 aliphatic heterocycles. The third-order valence-corrected chi connectivity index (χ3v) is 9.56. The molecule has 0 saturated carbocycles. The van der Waals surface area contributed by atoms with E-state index in [-0.39, 0.29) is 28.9 Å². The minimum atomic E-state index is -4.05. The number of ether oxygens (including phenoxy) is 3. The molecule has 2 heterocycles. The second-order valence-electron chi connectivity index (χ2n) is 9.73. The van der Waals surface area contributed by atoms with E-state index in [4.69, 9.17) is 25.8 Å². The molecule has 0 bridgehead atoms. The van der Waals surface area contributed by atoms with Gasteiger partial charge in [0.1, 0.15) is 22.8 Å². The van der Waals surface area contributed by atoms with Crippen LogP contribution < -0.4 is 23.8 Å². The molecule has 0 saturated heterocycles. The van der Waals surface area contributed by atoms with Gasteiger partial charge in [-0.2, -0.15) is 0 Å². The van der Waals surface area contributed by atoms with Gasteiger partial charge >= 0.3 is 0 Å². The second kappa shape index (κ2) is 10.6. The lowest BCUT2D eigenvalue weighted by Crippen LogP contribution is -2.52. The third kappa shape index (κ3) is 5.13. The first-order valence-corrected chi connectivity index (χ1v) is 14.7. The molecule has 2 aliphatic rings. The number of rotatable bonds is 7. The van der Waals surface area contributed by atoms with Crippen LogP contribution >= 0.6 is 11.6 Å². The summed E-state index contributed by atoms with van der Waals surface area (Å²) in [5.41, 5.74) is 0.746. The minimum Gasteiger partial charge on any atom is -0.497 e. The number of sulfonamides is 1. The van der Waals surface area contributed by atoms with Crippen LogP contribution in [0.5, 0.6) is 17.2 Å². The van der Waals surface area contributed by atoms with E-state index in [2.05, 4.69) is 19.2 Å². The molecule has 39 heavy (non-hydrogen) atoms. The van der Waals surface area contributed by atoms with Gasteiger partial charge in [0.05, 0.1) is 30.3 Å². The first-order chi connectivity index (χ1) is 18.7. The second-order valence-corrected chi connectivity index (χ2v) is 12.0. The Bertz CT molecular complexity index is 1470. The highest BCUT2D eigenvalue weighted by molar-refractivity contribution is 7.92. The summed E-state index contributed by atoms with van der Waals surface area (Å²) in [4.78, 5) is 13.8. The molecule has 0 aromatic heterocycles. The lowest BCUT2D eigenvalue weighted by Gasteiger charge is -2.42. The van der Waals surface area contributed by atoms with Gasteiger partial charge in [-0.1, -0.05) is 43.6 Å². The summed E-state index contributed by atoms with van der Waals surface area (Å²) in [6.07, 6.45) is 1.08. The molecule has 1 amide bonds. The van der Waals surface area contributed by atoms with Crippen LogP contribution in [0.2, 0.25) is 5.02 Å². The Morgan fingerprint density at radius 2 is 1.79 bits per heavy atom. The van der Waals surface area contributed by atoms with Gasteiger partial charge in [-0.15, -0.1) is 0 Å². The van der Waals surface area contributed by atoms with E-state index in [9.17, 15) is 13.2 Å². The number of fused-ring (bicyclic) bond motifs is 2. The molecule has 5 rings (SSSR count). The maximum Gasteiger partial charge on any atom is 0.264 e. The number of methoxy groups -OCH3 is 1. The number of para-hydroxylation sites is 1. The molecule has 8 nitrogen and oxygen atoms in total. The van der Waals surface area contributed by atoms with Crippen molar-refractivity contribution in [2.45, 2.75) is 55.8 Å². The van der Waals surface area contributed by atoms with Gasteiger partial charge in [0.15, 0.2) is 6.10 Å². The van der Waals surface area contributed by atoms with Crippen molar-refractivity contribution in [3.63, 3.8) is 0 Å². The van der Waals surface area contributed by atoms with Gasteiger partial charge in [-0.3, -0.25) is 9.10 Å². The summed E-state index contributed by atoms with van der Waals surface area (Å²) in [5, 5.41) is 3.48. The number of hydrogen-bond donors (Lipinski definition) is 1. The minimum absolute atomic E-state index is 0.0596. The fraction of sp³-hybridized carbons (Fsp3) is 0.345. The summed E-state index contributed by atoms with van der Waals surface area (Å²) < 4.78 is 46.3. The quantitative estimate of drug-likeness (QED) is 0.403. The number of carbonyl (C=O) groups is 1. The SMILES string of the molecule is CCC1(CC)C[C@@H](NC(=O)[C@H]2CN(S(=O)(=O)c3ccc(OC)cc3)c3cc(Cl)ccc3O2)c2ccccc2O1. The number of amides is 1. The molecule has 0 fully saturated rings. The number of nitrogens with zero attached hydrogens (tertiary/aromatic N) is 1. The van der Waals surface area contributed by atoms with E-state index >= 15 is 0 Å². The highest BCUT2D eigenvalue weighted by Crippen LogP contribution is 2.43. The van der Waals surface area contributed by atoms with E-state index in [0.29, 0.717) is 17.2 Å². The maximum atomic E-state index is 13.8. The third-order valence-electron chi connectivity index (χ3n) is 7.53. The Labute approximate surface area is 233 Å². The smallest absolute Gasteiger partial charge is 0.264 e. The predicted octanol–water partition coefficient (Wildman–Crippen LogP) is 5.50. The summed E-state index contributed by atoms with van der Waals surface area (Å²) in [6, 6.07) is 18.2. The van der Waals surface area contributed by atoms with E-state index in [1.807, 2.05) is 24.3 Å².